The number of hydrogen-bond donors (Lipinski definition) is 2. The monoisotopic (exact) mass is 437 g/mol. The maximum absolute atomic E-state index is 11.8. The lowest BCUT2D eigenvalue weighted by Crippen LogP contribution is -2.24. The van der Waals surface area contributed by atoms with E-state index in [0.717, 1.165) is 12.3 Å². The number of benzene rings is 2. The van der Waals surface area contributed by atoms with Crippen LogP contribution in [0.4, 0.5) is 5.69 Å². The second-order valence-electron chi connectivity index (χ2n) is 5.08. The Kier molecular flexibility index (Phi) is 7.12. The van der Waals surface area contributed by atoms with E-state index in [1.807, 2.05) is 6.92 Å². The third-order valence-electron chi connectivity index (χ3n) is 3.18. The van der Waals surface area contributed by atoms with Gasteiger partial charge in [0.25, 0.3) is 5.91 Å². The van der Waals surface area contributed by atoms with Crippen LogP contribution < -0.4 is 14.9 Å². The lowest BCUT2D eigenvalue weighted by atomic mass is 10.2. The third kappa shape index (κ3) is 5.68. The van der Waals surface area contributed by atoms with Gasteiger partial charge in [-0.25, -0.2) is 5.43 Å². The SMILES string of the molecule is CCOc1ccccc1OCC(=O)NN=Cc1cc(Br)cc([N+](=O)[O-])c1O. The van der Waals surface area contributed by atoms with Gasteiger partial charge in [-0.1, -0.05) is 28.1 Å². The van der Waals surface area contributed by atoms with Gasteiger partial charge in [0, 0.05) is 16.1 Å². The van der Waals surface area contributed by atoms with Crippen molar-refractivity contribution < 1.29 is 24.3 Å². The molecule has 0 bridgehead atoms. The summed E-state index contributed by atoms with van der Waals surface area (Å²) in [6.45, 7) is 1.98. The molecule has 0 radical (unpaired) electrons. The third-order valence-corrected chi connectivity index (χ3v) is 3.64. The van der Waals surface area contributed by atoms with E-state index in [1.54, 1.807) is 24.3 Å². The lowest BCUT2D eigenvalue weighted by Gasteiger charge is -2.10. The number of phenolic OH excluding ortho intramolecular Hbond substituents is 1. The number of nitrogens with one attached hydrogen (secondary N) is 1. The molecule has 0 unspecified atom stereocenters. The number of carbonyl (C=O) groups excluding carboxylic acids is 1. The number of para-hydroxylation sites is 2. The number of nitrogens with zero attached hydrogens (tertiary/aromatic N) is 2. The Balaban J connectivity index is 1.97. The average molecular weight is 438 g/mol. The van der Waals surface area contributed by atoms with Crippen molar-refractivity contribution in [3.63, 3.8) is 0 Å². The highest BCUT2D eigenvalue weighted by molar-refractivity contribution is 9.10. The van der Waals surface area contributed by atoms with Gasteiger partial charge < -0.3 is 14.6 Å². The molecule has 0 saturated carbocycles. The summed E-state index contributed by atoms with van der Waals surface area (Å²) in [6.07, 6.45) is 1.10. The maximum Gasteiger partial charge on any atom is 0.312 e. The molecule has 9 nitrogen and oxygen atoms in total. The molecule has 0 heterocycles. The number of hydrogen-bond acceptors (Lipinski definition) is 7. The summed E-state index contributed by atoms with van der Waals surface area (Å²) < 4.78 is 11.2. The largest absolute Gasteiger partial charge is 0.502 e. The van der Waals surface area contributed by atoms with Crippen LogP contribution in [0, 0.1) is 10.1 Å². The first-order valence-electron chi connectivity index (χ1n) is 7.75. The van der Waals surface area contributed by atoms with Crippen LogP contribution in [0.5, 0.6) is 17.2 Å². The number of halogens is 1. The number of carbonyl (C=O) groups is 1. The van der Waals surface area contributed by atoms with Crippen LogP contribution in [0.3, 0.4) is 0 Å². The van der Waals surface area contributed by atoms with Crippen molar-refractivity contribution in [2.75, 3.05) is 13.2 Å². The molecule has 0 aromatic heterocycles. The van der Waals surface area contributed by atoms with Gasteiger partial charge in [0.2, 0.25) is 5.75 Å². The molecule has 0 atom stereocenters. The molecule has 0 aliphatic carbocycles. The highest BCUT2D eigenvalue weighted by Gasteiger charge is 2.17. The number of aromatic hydroxyl groups is 1. The topological polar surface area (TPSA) is 123 Å². The van der Waals surface area contributed by atoms with Crippen molar-refractivity contribution in [2.24, 2.45) is 5.10 Å². The van der Waals surface area contributed by atoms with Gasteiger partial charge in [0.1, 0.15) is 0 Å². The first kappa shape index (κ1) is 20.2. The van der Waals surface area contributed by atoms with E-state index in [9.17, 15) is 20.0 Å². The zero-order valence-electron chi connectivity index (χ0n) is 14.2. The van der Waals surface area contributed by atoms with E-state index in [1.165, 1.54) is 6.07 Å². The van der Waals surface area contributed by atoms with Gasteiger partial charge in [0.05, 0.1) is 17.7 Å². The Bertz CT molecular complexity index is 872. The van der Waals surface area contributed by atoms with E-state index in [4.69, 9.17) is 9.47 Å². The van der Waals surface area contributed by atoms with Gasteiger partial charge in [-0.05, 0) is 25.1 Å². The van der Waals surface area contributed by atoms with Crippen molar-refractivity contribution in [3.05, 3.63) is 56.5 Å². The van der Waals surface area contributed by atoms with Crippen LogP contribution in [0.25, 0.3) is 0 Å². The van der Waals surface area contributed by atoms with Crippen molar-refractivity contribution in [2.45, 2.75) is 6.92 Å². The molecule has 27 heavy (non-hydrogen) atoms. The minimum atomic E-state index is -0.723. The average Bonchev–Trinajstić information content (AvgIpc) is 2.63. The molecule has 2 N–H and O–H groups in total. The summed E-state index contributed by atoms with van der Waals surface area (Å²) in [5, 5.41) is 24.4. The molecular weight excluding hydrogens is 422 g/mol. The first-order chi connectivity index (χ1) is 12.9. The summed E-state index contributed by atoms with van der Waals surface area (Å²) in [7, 11) is 0. The standard InChI is InChI=1S/C17H16BrN3O6/c1-2-26-14-5-3-4-6-15(14)27-10-16(22)20-19-9-11-7-12(18)8-13(17(11)23)21(24)25/h3-9,23H,2,10H2,1H3,(H,20,22). The fraction of sp³-hybridized carbons (Fsp3) is 0.176. The van der Waals surface area contributed by atoms with Gasteiger partial charge >= 0.3 is 5.69 Å². The first-order valence-corrected chi connectivity index (χ1v) is 8.55. The van der Waals surface area contributed by atoms with E-state index in [-0.39, 0.29) is 12.2 Å². The van der Waals surface area contributed by atoms with Crippen molar-refractivity contribution >= 4 is 33.7 Å². The molecule has 2 aromatic carbocycles. The molecule has 0 aliphatic rings. The molecule has 10 heteroatoms. The number of nitro benzene ring substituents is 1. The van der Waals surface area contributed by atoms with Crippen LogP contribution in [0.15, 0.2) is 46.0 Å². The molecule has 142 valence electrons. The zero-order chi connectivity index (χ0) is 19.8. The van der Waals surface area contributed by atoms with Crippen molar-refractivity contribution in [1.82, 2.24) is 5.43 Å². The fourth-order valence-corrected chi connectivity index (χ4v) is 2.50. The van der Waals surface area contributed by atoms with Crippen LogP contribution in [-0.2, 0) is 4.79 Å². The Hall–Kier alpha value is -3.14. The Morgan fingerprint density at radius 2 is 2.00 bits per heavy atom. The van der Waals surface area contributed by atoms with Crippen molar-refractivity contribution in [1.29, 1.82) is 0 Å². The number of nitro groups is 1. The Morgan fingerprint density at radius 3 is 2.63 bits per heavy atom. The predicted molar refractivity (Wildman–Crippen MR) is 101 cm³/mol. The van der Waals surface area contributed by atoms with Crippen molar-refractivity contribution in [3.8, 4) is 17.2 Å². The molecular formula is C17H16BrN3O6. The molecule has 0 aliphatic heterocycles. The lowest BCUT2D eigenvalue weighted by molar-refractivity contribution is -0.385. The number of hydrazone groups is 1. The highest BCUT2D eigenvalue weighted by Crippen LogP contribution is 2.32. The van der Waals surface area contributed by atoms with Crippen LogP contribution in [-0.4, -0.2) is 35.4 Å². The zero-order valence-corrected chi connectivity index (χ0v) is 15.8. The molecule has 1 amide bonds. The Labute approximate surface area is 162 Å². The van der Waals surface area contributed by atoms with Gasteiger partial charge in [-0.3, -0.25) is 14.9 Å². The molecule has 0 spiro atoms. The second-order valence-corrected chi connectivity index (χ2v) is 6.00. The van der Waals surface area contributed by atoms with Crippen LogP contribution in [0.2, 0.25) is 0 Å². The predicted octanol–water partition coefficient (Wildman–Crippen LogP) is 2.99. The van der Waals surface area contributed by atoms with Gasteiger partial charge in [0.15, 0.2) is 18.1 Å². The summed E-state index contributed by atoms with van der Waals surface area (Å²) in [5.41, 5.74) is 1.81. The summed E-state index contributed by atoms with van der Waals surface area (Å²) in [6, 6.07) is 9.50. The second kappa shape index (κ2) is 9.53. The number of ether oxygens (including phenoxy) is 2. The molecule has 2 aromatic rings. The highest BCUT2D eigenvalue weighted by atomic mass is 79.9. The number of phenols is 1. The van der Waals surface area contributed by atoms with Gasteiger partial charge in [-0.15, -0.1) is 0 Å². The number of amides is 1. The van der Waals surface area contributed by atoms with Crippen LogP contribution >= 0.6 is 15.9 Å². The number of rotatable bonds is 8. The van der Waals surface area contributed by atoms with E-state index in [0.29, 0.717) is 22.6 Å². The molecule has 0 saturated heterocycles. The summed E-state index contributed by atoms with van der Waals surface area (Å²) in [5.74, 6) is -0.175. The van der Waals surface area contributed by atoms with Gasteiger partial charge in [-0.2, -0.15) is 5.10 Å². The summed E-state index contributed by atoms with van der Waals surface area (Å²) in [4.78, 5) is 22.0. The van der Waals surface area contributed by atoms with E-state index < -0.39 is 22.3 Å². The normalized spacial score (nSPS) is 10.6. The smallest absolute Gasteiger partial charge is 0.312 e. The quantitative estimate of drug-likeness (QED) is 0.371. The van der Waals surface area contributed by atoms with E-state index >= 15 is 0 Å². The molecule has 0 fully saturated rings. The van der Waals surface area contributed by atoms with Crippen LogP contribution in [0.1, 0.15) is 12.5 Å². The summed E-state index contributed by atoms with van der Waals surface area (Å²) >= 11 is 3.11. The maximum atomic E-state index is 11.8. The minimum absolute atomic E-state index is 0.0685. The minimum Gasteiger partial charge on any atom is -0.502 e. The Morgan fingerprint density at radius 1 is 1.33 bits per heavy atom. The molecule has 2 rings (SSSR count). The van der Waals surface area contributed by atoms with E-state index in [2.05, 4.69) is 26.5 Å². The fourth-order valence-electron chi connectivity index (χ4n) is 2.04.